The molecule has 23 heavy (non-hydrogen) atoms. The SMILES string of the molecule is CC(/C=C/c1cccs1)=C\C=N.CCCC(=O)OCCN(C)C. The minimum atomic E-state index is -0.0886. The summed E-state index contributed by atoms with van der Waals surface area (Å²) in [6.45, 7) is 5.25. The molecule has 0 saturated carbocycles. The van der Waals surface area contributed by atoms with Crippen molar-refractivity contribution in [2.75, 3.05) is 27.2 Å². The van der Waals surface area contributed by atoms with Crippen molar-refractivity contribution < 1.29 is 9.53 Å². The van der Waals surface area contributed by atoms with Gasteiger partial charge in [0.25, 0.3) is 0 Å². The lowest BCUT2D eigenvalue weighted by Gasteiger charge is -2.09. The Balaban J connectivity index is 0.000000423. The monoisotopic (exact) mass is 336 g/mol. The molecule has 0 fully saturated rings. The van der Waals surface area contributed by atoms with Crippen LogP contribution in [0.4, 0.5) is 0 Å². The highest BCUT2D eigenvalue weighted by molar-refractivity contribution is 7.10. The Kier molecular flexibility index (Phi) is 12.9. The van der Waals surface area contributed by atoms with Crippen LogP contribution in [0.2, 0.25) is 0 Å². The van der Waals surface area contributed by atoms with Gasteiger partial charge in [0.05, 0.1) is 0 Å². The van der Waals surface area contributed by atoms with Crippen LogP contribution in [0.3, 0.4) is 0 Å². The van der Waals surface area contributed by atoms with Gasteiger partial charge in [0.15, 0.2) is 0 Å². The number of allylic oxidation sites excluding steroid dienone is 3. The molecule has 0 aliphatic rings. The summed E-state index contributed by atoms with van der Waals surface area (Å²) >= 11 is 1.71. The van der Waals surface area contributed by atoms with Crippen molar-refractivity contribution in [1.82, 2.24) is 4.90 Å². The molecule has 0 unspecified atom stereocenters. The van der Waals surface area contributed by atoms with Gasteiger partial charge in [-0.2, -0.15) is 0 Å². The fourth-order valence-electron chi connectivity index (χ4n) is 1.41. The lowest BCUT2D eigenvalue weighted by molar-refractivity contribution is -0.143. The second kappa shape index (κ2) is 13.9. The van der Waals surface area contributed by atoms with E-state index < -0.39 is 0 Å². The predicted octanol–water partition coefficient (Wildman–Crippen LogP) is 4.25. The summed E-state index contributed by atoms with van der Waals surface area (Å²) in [5, 5.41) is 8.90. The van der Waals surface area contributed by atoms with Crippen LogP contribution in [0.1, 0.15) is 31.6 Å². The second-order valence-corrected chi connectivity index (χ2v) is 6.18. The van der Waals surface area contributed by atoms with E-state index in [0.717, 1.165) is 18.5 Å². The number of nitrogens with one attached hydrogen (secondary N) is 1. The molecule has 1 aromatic rings. The van der Waals surface area contributed by atoms with E-state index in [9.17, 15) is 4.79 Å². The molecular weight excluding hydrogens is 308 g/mol. The van der Waals surface area contributed by atoms with Gasteiger partial charge in [-0.25, -0.2) is 0 Å². The Bertz CT molecular complexity index is 491. The van der Waals surface area contributed by atoms with Crippen molar-refractivity contribution in [3.05, 3.63) is 40.1 Å². The molecule has 0 spiro atoms. The average molecular weight is 337 g/mol. The topological polar surface area (TPSA) is 53.4 Å². The summed E-state index contributed by atoms with van der Waals surface area (Å²) < 4.78 is 4.91. The van der Waals surface area contributed by atoms with Crippen LogP contribution in [-0.4, -0.2) is 44.3 Å². The minimum absolute atomic E-state index is 0.0886. The van der Waals surface area contributed by atoms with E-state index in [1.165, 1.54) is 11.1 Å². The maximum Gasteiger partial charge on any atom is 0.305 e. The first-order valence-electron chi connectivity index (χ1n) is 7.68. The van der Waals surface area contributed by atoms with Gasteiger partial charge in [0.1, 0.15) is 6.61 Å². The Morgan fingerprint density at radius 3 is 2.70 bits per heavy atom. The van der Waals surface area contributed by atoms with Crippen molar-refractivity contribution in [2.45, 2.75) is 26.7 Å². The maximum absolute atomic E-state index is 10.8. The number of ether oxygens (including phenoxy) is 1. The first-order valence-corrected chi connectivity index (χ1v) is 8.56. The maximum atomic E-state index is 10.8. The fourth-order valence-corrected chi connectivity index (χ4v) is 2.02. The third-order valence-corrected chi connectivity index (χ3v) is 3.49. The molecule has 5 heteroatoms. The first kappa shape index (κ1) is 21.3. The van der Waals surface area contributed by atoms with Gasteiger partial charge in [0, 0.05) is 24.1 Å². The van der Waals surface area contributed by atoms with Crippen molar-refractivity contribution in [3.8, 4) is 0 Å². The molecule has 0 bridgehead atoms. The lowest BCUT2D eigenvalue weighted by atomic mass is 10.2. The largest absolute Gasteiger partial charge is 0.464 e. The van der Waals surface area contributed by atoms with E-state index >= 15 is 0 Å². The summed E-state index contributed by atoms with van der Waals surface area (Å²) in [6.07, 6.45) is 8.53. The first-order chi connectivity index (χ1) is 11.0. The average Bonchev–Trinajstić information content (AvgIpc) is 2.99. The third kappa shape index (κ3) is 13.7. The summed E-state index contributed by atoms with van der Waals surface area (Å²) in [7, 11) is 3.90. The Labute approximate surface area is 144 Å². The molecule has 0 saturated heterocycles. The number of esters is 1. The van der Waals surface area contributed by atoms with Crippen LogP contribution >= 0.6 is 11.3 Å². The number of rotatable bonds is 8. The molecule has 0 aliphatic carbocycles. The highest BCUT2D eigenvalue weighted by atomic mass is 32.1. The quantitative estimate of drug-likeness (QED) is 0.439. The molecule has 4 nitrogen and oxygen atoms in total. The number of carbonyl (C=O) groups is 1. The molecule has 0 aromatic carbocycles. The summed E-state index contributed by atoms with van der Waals surface area (Å²) in [5.41, 5.74) is 1.10. The van der Waals surface area contributed by atoms with Gasteiger partial charge in [-0.1, -0.05) is 19.1 Å². The number of hydrogen-bond donors (Lipinski definition) is 1. The van der Waals surface area contributed by atoms with E-state index in [1.54, 1.807) is 17.4 Å². The summed E-state index contributed by atoms with van der Waals surface area (Å²) in [4.78, 5) is 14.0. The van der Waals surface area contributed by atoms with Gasteiger partial charge in [-0.15, -0.1) is 11.3 Å². The fraction of sp³-hybridized carbons (Fsp3) is 0.444. The number of likely N-dealkylation sites (N-methyl/N-ethyl adjacent to an activating group) is 1. The number of thiophene rings is 1. The van der Waals surface area contributed by atoms with Crippen molar-refractivity contribution in [2.24, 2.45) is 0 Å². The van der Waals surface area contributed by atoms with Crippen LogP contribution < -0.4 is 0 Å². The normalized spacial score (nSPS) is 11.3. The zero-order valence-electron chi connectivity index (χ0n) is 14.5. The molecule has 1 N–H and O–H groups in total. The Hall–Kier alpha value is -1.72. The smallest absolute Gasteiger partial charge is 0.305 e. The number of nitrogens with zero attached hydrogens (tertiary/aromatic N) is 1. The molecule has 1 aromatic heterocycles. The van der Waals surface area contributed by atoms with Crippen molar-refractivity contribution >= 4 is 29.6 Å². The summed E-state index contributed by atoms with van der Waals surface area (Å²) in [5.74, 6) is -0.0886. The van der Waals surface area contributed by atoms with Crippen molar-refractivity contribution in [1.29, 1.82) is 5.41 Å². The molecule has 0 atom stereocenters. The van der Waals surface area contributed by atoms with E-state index in [2.05, 4.69) is 17.5 Å². The minimum Gasteiger partial charge on any atom is -0.464 e. The standard InChI is InChI=1S/C10H11NS.C8H17NO2/c1-9(6-7-11)4-5-10-3-2-8-12-10;1-4-5-8(10)11-7-6-9(2)3/h2-8,11H,1H3;4-7H2,1-3H3/b5-4+,9-6+,11-7?;. The highest BCUT2D eigenvalue weighted by Crippen LogP contribution is 2.11. The van der Waals surface area contributed by atoms with Crippen LogP contribution in [0.15, 0.2) is 35.2 Å². The highest BCUT2D eigenvalue weighted by Gasteiger charge is 1.99. The van der Waals surface area contributed by atoms with Gasteiger partial charge < -0.3 is 15.0 Å². The van der Waals surface area contributed by atoms with Crippen LogP contribution in [-0.2, 0) is 9.53 Å². The number of hydrogen-bond acceptors (Lipinski definition) is 5. The third-order valence-electron chi connectivity index (χ3n) is 2.66. The summed E-state index contributed by atoms with van der Waals surface area (Å²) in [6, 6.07) is 4.10. The zero-order chi connectivity index (χ0) is 17.5. The molecule has 0 amide bonds. The molecule has 1 heterocycles. The van der Waals surface area contributed by atoms with Crippen LogP contribution in [0.25, 0.3) is 6.08 Å². The van der Waals surface area contributed by atoms with Crippen molar-refractivity contribution in [3.63, 3.8) is 0 Å². The van der Waals surface area contributed by atoms with E-state index in [4.69, 9.17) is 10.1 Å². The van der Waals surface area contributed by atoms with Gasteiger partial charge in [-0.3, -0.25) is 4.79 Å². The van der Waals surface area contributed by atoms with E-state index in [0.29, 0.717) is 13.0 Å². The molecular formula is C18H28N2O2S. The lowest BCUT2D eigenvalue weighted by Crippen LogP contribution is -2.19. The van der Waals surface area contributed by atoms with Gasteiger partial charge >= 0.3 is 5.97 Å². The van der Waals surface area contributed by atoms with E-state index in [1.807, 2.05) is 45.0 Å². The van der Waals surface area contributed by atoms with Gasteiger partial charge in [-0.05, 0) is 56.6 Å². The molecule has 128 valence electrons. The zero-order valence-corrected chi connectivity index (χ0v) is 15.4. The van der Waals surface area contributed by atoms with E-state index in [-0.39, 0.29) is 5.97 Å². The number of carbonyl (C=O) groups excluding carboxylic acids is 1. The second-order valence-electron chi connectivity index (χ2n) is 5.20. The molecule has 1 rings (SSSR count). The van der Waals surface area contributed by atoms with Gasteiger partial charge in [0.2, 0.25) is 0 Å². The Morgan fingerprint density at radius 1 is 1.43 bits per heavy atom. The van der Waals surface area contributed by atoms with Crippen LogP contribution in [0, 0.1) is 5.41 Å². The molecule has 0 aliphatic heterocycles. The predicted molar refractivity (Wildman–Crippen MR) is 100 cm³/mol. The Morgan fingerprint density at radius 2 is 2.17 bits per heavy atom. The van der Waals surface area contributed by atoms with Crippen LogP contribution in [0.5, 0.6) is 0 Å². The molecule has 0 radical (unpaired) electrons.